The van der Waals surface area contributed by atoms with E-state index in [4.69, 9.17) is 11.6 Å². The summed E-state index contributed by atoms with van der Waals surface area (Å²) in [4.78, 5) is 17.1. The van der Waals surface area contributed by atoms with Gasteiger partial charge in [-0.05, 0) is 55.8 Å². The Morgan fingerprint density at radius 1 is 1.14 bits per heavy atom. The number of carbonyl (C=O) groups is 1. The number of aromatic nitrogens is 5. The number of aryl methyl sites for hydroxylation is 2. The van der Waals surface area contributed by atoms with Crippen molar-refractivity contribution in [2.24, 2.45) is 0 Å². The highest BCUT2D eigenvalue weighted by Gasteiger charge is 2.15. The molecular formula is C21H19ClN6O. The molecule has 8 heteroatoms. The van der Waals surface area contributed by atoms with Crippen molar-refractivity contribution in [1.29, 1.82) is 0 Å². The Morgan fingerprint density at radius 3 is 2.59 bits per heavy atom. The summed E-state index contributed by atoms with van der Waals surface area (Å²) in [6.07, 6.45) is 3.60. The van der Waals surface area contributed by atoms with Crippen LogP contribution in [0.25, 0.3) is 11.5 Å². The third-order valence-electron chi connectivity index (χ3n) is 4.43. The van der Waals surface area contributed by atoms with Gasteiger partial charge >= 0.3 is 0 Å². The summed E-state index contributed by atoms with van der Waals surface area (Å²) in [5, 5.41) is 11.8. The first-order chi connectivity index (χ1) is 14.0. The molecule has 0 aliphatic heterocycles. The minimum Gasteiger partial charge on any atom is -0.347 e. The summed E-state index contributed by atoms with van der Waals surface area (Å²) in [5.41, 5.74) is 3.89. The molecule has 146 valence electrons. The van der Waals surface area contributed by atoms with Crippen LogP contribution in [0.3, 0.4) is 0 Å². The largest absolute Gasteiger partial charge is 0.347 e. The molecule has 0 aliphatic rings. The number of benzene rings is 1. The topological polar surface area (TPSA) is 77.6 Å². The Kier molecular flexibility index (Phi) is 5.14. The predicted octanol–water partition coefficient (Wildman–Crippen LogP) is 3.65. The van der Waals surface area contributed by atoms with Crippen molar-refractivity contribution >= 4 is 17.5 Å². The van der Waals surface area contributed by atoms with E-state index in [1.54, 1.807) is 27.7 Å². The van der Waals surface area contributed by atoms with E-state index < -0.39 is 0 Å². The second-order valence-electron chi connectivity index (χ2n) is 6.64. The zero-order valence-corrected chi connectivity index (χ0v) is 16.8. The van der Waals surface area contributed by atoms with E-state index >= 15 is 0 Å². The van der Waals surface area contributed by atoms with E-state index in [0.717, 1.165) is 22.6 Å². The number of rotatable bonds is 5. The van der Waals surface area contributed by atoms with Gasteiger partial charge < -0.3 is 5.32 Å². The van der Waals surface area contributed by atoms with E-state index in [9.17, 15) is 4.79 Å². The zero-order chi connectivity index (χ0) is 20.4. The van der Waals surface area contributed by atoms with Crippen LogP contribution in [0.1, 0.15) is 27.4 Å². The molecule has 7 nitrogen and oxygen atoms in total. The second-order valence-corrected chi connectivity index (χ2v) is 7.05. The maximum Gasteiger partial charge on any atom is 0.271 e. The SMILES string of the molecule is Cc1cc(C)n(-c2ccc(Cl)c(C(=O)NCc3ccc(-n4cccn4)cc3)n2)n1. The monoisotopic (exact) mass is 406 g/mol. The van der Waals surface area contributed by atoms with Crippen LogP contribution in [-0.4, -0.2) is 30.5 Å². The minimum atomic E-state index is -0.338. The van der Waals surface area contributed by atoms with Gasteiger partial charge in [0, 0.05) is 24.6 Å². The van der Waals surface area contributed by atoms with E-state index in [0.29, 0.717) is 17.4 Å². The first-order valence-corrected chi connectivity index (χ1v) is 9.46. The molecule has 0 atom stereocenters. The molecule has 0 radical (unpaired) electrons. The summed E-state index contributed by atoms with van der Waals surface area (Å²) in [7, 11) is 0. The van der Waals surface area contributed by atoms with Crippen LogP contribution in [0.15, 0.2) is 60.9 Å². The van der Waals surface area contributed by atoms with Crippen LogP contribution in [-0.2, 0) is 6.54 Å². The van der Waals surface area contributed by atoms with Gasteiger partial charge in [0.1, 0.15) is 5.69 Å². The first-order valence-electron chi connectivity index (χ1n) is 9.08. The van der Waals surface area contributed by atoms with Gasteiger partial charge in [-0.15, -0.1) is 0 Å². The van der Waals surface area contributed by atoms with Crippen LogP contribution in [0.2, 0.25) is 5.02 Å². The summed E-state index contributed by atoms with van der Waals surface area (Å²) >= 11 is 6.22. The van der Waals surface area contributed by atoms with Gasteiger partial charge in [-0.3, -0.25) is 4.79 Å². The number of carbonyl (C=O) groups excluding carboxylic acids is 1. The number of hydrogen-bond acceptors (Lipinski definition) is 4. The molecule has 0 fully saturated rings. The van der Waals surface area contributed by atoms with Crippen molar-refractivity contribution < 1.29 is 4.79 Å². The number of nitrogens with one attached hydrogen (secondary N) is 1. The van der Waals surface area contributed by atoms with E-state index in [2.05, 4.69) is 20.5 Å². The van der Waals surface area contributed by atoms with Crippen LogP contribution in [0.5, 0.6) is 0 Å². The Balaban J connectivity index is 1.48. The maximum absolute atomic E-state index is 12.7. The number of pyridine rings is 1. The lowest BCUT2D eigenvalue weighted by molar-refractivity contribution is 0.0946. The lowest BCUT2D eigenvalue weighted by atomic mass is 10.2. The Hall–Kier alpha value is -3.45. The summed E-state index contributed by atoms with van der Waals surface area (Å²) in [6, 6.07) is 15.0. The molecule has 4 aromatic rings. The highest BCUT2D eigenvalue weighted by atomic mass is 35.5. The van der Waals surface area contributed by atoms with Gasteiger partial charge in [0.25, 0.3) is 5.91 Å². The third-order valence-corrected chi connectivity index (χ3v) is 4.74. The van der Waals surface area contributed by atoms with Crippen LogP contribution in [0, 0.1) is 13.8 Å². The third kappa shape index (κ3) is 4.05. The summed E-state index contributed by atoms with van der Waals surface area (Å²) < 4.78 is 3.47. The van der Waals surface area contributed by atoms with Crippen molar-refractivity contribution in [3.05, 3.63) is 88.6 Å². The normalized spacial score (nSPS) is 10.9. The van der Waals surface area contributed by atoms with Crippen molar-refractivity contribution in [1.82, 2.24) is 29.9 Å². The number of amides is 1. The van der Waals surface area contributed by atoms with Gasteiger partial charge in [0.2, 0.25) is 0 Å². The van der Waals surface area contributed by atoms with E-state index in [1.807, 2.05) is 56.4 Å². The fourth-order valence-electron chi connectivity index (χ4n) is 3.02. The van der Waals surface area contributed by atoms with Crippen molar-refractivity contribution in [2.75, 3.05) is 0 Å². The molecule has 0 saturated heterocycles. The van der Waals surface area contributed by atoms with E-state index in [-0.39, 0.29) is 11.6 Å². The summed E-state index contributed by atoms with van der Waals surface area (Å²) in [5.74, 6) is 0.211. The van der Waals surface area contributed by atoms with Crippen LogP contribution in [0.4, 0.5) is 0 Å². The van der Waals surface area contributed by atoms with Crippen molar-refractivity contribution in [3.63, 3.8) is 0 Å². The molecule has 3 aromatic heterocycles. The van der Waals surface area contributed by atoms with Gasteiger partial charge in [-0.2, -0.15) is 10.2 Å². The lowest BCUT2D eigenvalue weighted by Crippen LogP contribution is -2.24. The van der Waals surface area contributed by atoms with E-state index in [1.165, 1.54) is 0 Å². The molecule has 29 heavy (non-hydrogen) atoms. The predicted molar refractivity (Wildman–Crippen MR) is 111 cm³/mol. The molecule has 4 rings (SSSR count). The molecular weight excluding hydrogens is 388 g/mol. The number of nitrogens with zero attached hydrogens (tertiary/aromatic N) is 5. The smallest absolute Gasteiger partial charge is 0.271 e. The van der Waals surface area contributed by atoms with Crippen molar-refractivity contribution in [3.8, 4) is 11.5 Å². The fourth-order valence-corrected chi connectivity index (χ4v) is 3.22. The molecule has 0 bridgehead atoms. The molecule has 0 unspecified atom stereocenters. The fraction of sp³-hybridized carbons (Fsp3) is 0.143. The van der Waals surface area contributed by atoms with Crippen LogP contribution >= 0.6 is 11.6 Å². The Labute approximate surface area is 173 Å². The highest BCUT2D eigenvalue weighted by molar-refractivity contribution is 6.33. The average Bonchev–Trinajstić information content (AvgIpc) is 3.36. The zero-order valence-electron chi connectivity index (χ0n) is 16.0. The van der Waals surface area contributed by atoms with Gasteiger partial charge in [-0.1, -0.05) is 23.7 Å². The molecule has 0 saturated carbocycles. The second kappa shape index (κ2) is 7.89. The van der Waals surface area contributed by atoms with Gasteiger partial charge in [0.15, 0.2) is 5.82 Å². The minimum absolute atomic E-state index is 0.171. The first kappa shape index (κ1) is 18.9. The van der Waals surface area contributed by atoms with Gasteiger partial charge in [0.05, 0.1) is 16.4 Å². The average molecular weight is 407 g/mol. The number of halogens is 1. The Bertz CT molecular complexity index is 1150. The molecule has 1 aromatic carbocycles. The number of hydrogen-bond donors (Lipinski definition) is 1. The lowest BCUT2D eigenvalue weighted by Gasteiger charge is -2.10. The molecule has 0 aliphatic carbocycles. The highest BCUT2D eigenvalue weighted by Crippen LogP contribution is 2.18. The van der Waals surface area contributed by atoms with Gasteiger partial charge in [-0.25, -0.2) is 14.3 Å². The Morgan fingerprint density at radius 2 is 1.93 bits per heavy atom. The quantitative estimate of drug-likeness (QED) is 0.548. The molecule has 0 spiro atoms. The van der Waals surface area contributed by atoms with Crippen LogP contribution < -0.4 is 5.32 Å². The standard InChI is InChI=1S/C21H19ClN6O/c1-14-12-15(2)28(26-14)19-9-8-18(22)20(25-19)21(29)23-13-16-4-6-17(7-5-16)27-11-3-10-24-27/h3-12H,13H2,1-2H3,(H,23,29). The molecule has 1 N–H and O–H groups in total. The molecule has 1 amide bonds. The molecule has 3 heterocycles. The van der Waals surface area contributed by atoms with Crippen molar-refractivity contribution in [2.45, 2.75) is 20.4 Å². The maximum atomic E-state index is 12.7. The summed E-state index contributed by atoms with van der Waals surface area (Å²) in [6.45, 7) is 4.20.